The topological polar surface area (TPSA) is 80.7 Å². The summed E-state index contributed by atoms with van der Waals surface area (Å²) in [5.41, 5.74) is 7.96. The van der Waals surface area contributed by atoms with E-state index in [4.69, 9.17) is 5.73 Å². The monoisotopic (exact) mass is 314 g/mol. The average molecular weight is 314 g/mol. The number of amides is 2. The number of primary amides is 1. The lowest BCUT2D eigenvalue weighted by molar-refractivity contribution is -0.136. The van der Waals surface area contributed by atoms with Gasteiger partial charge in [0.25, 0.3) is 0 Å². The maximum Gasteiger partial charge on any atom is 0.237 e. The molecule has 0 unspecified atom stereocenters. The van der Waals surface area contributed by atoms with E-state index in [0.29, 0.717) is 0 Å². The Kier molecular flexibility index (Phi) is 4.32. The van der Waals surface area contributed by atoms with Gasteiger partial charge in [0.05, 0.1) is 18.7 Å². The molecule has 2 heterocycles. The number of rotatable bonds is 5. The van der Waals surface area contributed by atoms with E-state index in [1.165, 1.54) is 0 Å². The molecule has 1 saturated carbocycles. The van der Waals surface area contributed by atoms with Crippen LogP contribution in [-0.4, -0.2) is 38.7 Å². The number of carbonyl (C=O) groups excluding carboxylic acids is 2. The van der Waals surface area contributed by atoms with Crippen LogP contribution in [0.25, 0.3) is 5.65 Å². The van der Waals surface area contributed by atoms with Gasteiger partial charge in [0.1, 0.15) is 5.65 Å². The van der Waals surface area contributed by atoms with Crippen molar-refractivity contribution < 1.29 is 9.59 Å². The molecule has 0 saturated heterocycles. The molecule has 122 valence electrons. The van der Waals surface area contributed by atoms with Crippen molar-refractivity contribution in [1.29, 1.82) is 0 Å². The average Bonchev–Trinajstić information content (AvgIpc) is 3.14. The SMILES string of the molecule is Cc1cccn2cc(CC(=O)N(CC(N)=O)C3CCCC3)nc12. The van der Waals surface area contributed by atoms with Gasteiger partial charge in [-0.3, -0.25) is 9.59 Å². The Labute approximate surface area is 135 Å². The number of aryl methyl sites for hydroxylation is 1. The maximum absolute atomic E-state index is 12.7. The van der Waals surface area contributed by atoms with Gasteiger partial charge in [0.2, 0.25) is 11.8 Å². The first-order chi connectivity index (χ1) is 11.0. The normalized spacial score (nSPS) is 15.2. The highest BCUT2D eigenvalue weighted by Gasteiger charge is 2.28. The molecule has 2 N–H and O–H groups in total. The molecule has 0 radical (unpaired) electrons. The highest BCUT2D eigenvalue weighted by atomic mass is 16.2. The number of fused-ring (bicyclic) bond motifs is 1. The molecule has 6 heteroatoms. The molecule has 0 bridgehead atoms. The van der Waals surface area contributed by atoms with Gasteiger partial charge >= 0.3 is 0 Å². The molecule has 0 spiro atoms. The van der Waals surface area contributed by atoms with Gasteiger partial charge in [-0.05, 0) is 31.4 Å². The van der Waals surface area contributed by atoms with E-state index in [-0.39, 0.29) is 24.9 Å². The van der Waals surface area contributed by atoms with E-state index in [0.717, 1.165) is 42.6 Å². The Balaban J connectivity index is 1.79. The van der Waals surface area contributed by atoms with Crippen LogP contribution in [0.4, 0.5) is 0 Å². The zero-order valence-corrected chi connectivity index (χ0v) is 13.4. The minimum Gasteiger partial charge on any atom is -0.368 e. The molecule has 6 nitrogen and oxygen atoms in total. The van der Waals surface area contributed by atoms with Gasteiger partial charge in [0, 0.05) is 18.4 Å². The summed E-state index contributed by atoms with van der Waals surface area (Å²) in [6.45, 7) is 1.99. The smallest absolute Gasteiger partial charge is 0.237 e. The van der Waals surface area contributed by atoms with Crippen LogP contribution in [0.5, 0.6) is 0 Å². The molecular formula is C17H22N4O2. The molecule has 23 heavy (non-hydrogen) atoms. The van der Waals surface area contributed by atoms with E-state index < -0.39 is 5.91 Å². The van der Waals surface area contributed by atoms with Crippen LogP contribution in [-0.2, 0) is 16.0 Å². The van der Waals surface area contributed by atoms with Crippen molar-refractivity contribution in [3.63, 3.8) is 0 Å². The number of nitrogens with two attached hydrogens (primary N) is 1. The standard InChI is InChI=1S/C17H22N4O2/c1-12-5-4-8-20-10-13(19-17(12)20)9-16(23)21(11-15(18)22)14-6-2-3-7-14/h4-5,8,10,14H,2-3,6-7,9,11H2,1H3,(H2,18,22). The number of carbonyl (C=O) groups is 2. The molecule has 1 aliphatic carbocycles. The molecule has 2 aromatic rings. The van der Waals surface area contributed by atoms with Gasteiger partial charge in [0.15, 0.2) is 0 Å². The van der Waals surface area contributed by atoms with Crippen LogP contribution in [0, 0.1) is 6.92 Å². The van der Waals surface area contributed by atoms with E-state index in [9.17, 15) is 9.59 Å². The molecule has 2 aromatic heterocycles. The third-order valence-corrected chi connectivity index (χ3v) is 4.47. The molecule has 3 rings (SSSR count). The Morgan fingerprint density at radius 3 is 2.78 bits per heavy atom. The van der Waals surface area contributed by atoms with E-state index in [1.807, 2.05) is 35.9 Å². The Morgan fingerprint density at radius 2 is 2.13 bits per heavy atom. The van der Waals surface area contributed by atoms with Crippen molar-refractivity contribution in [1.82, 2.24) is 14.3 Å². The lowest BCUT2D eigenvalue weighted by atomic mass is 10.2. The highest BCUT2D eigenvalue weighted by Crippen LogP contribution is 2.24. The minimum absolute atomic E-state index is 0.00407. The van der Waals surface area contributed by atoms with E-state index >= 15 is 0 Å². The molecule has 1 fully saturated rings. The van der Waals surface area contributed by atoms with Crippen molar-refractivity contribution in [2.75, 3.05) is 6.54 Å². The second kappa shape index (κ2) is 6.40. The van der Waals surface area contributed by atoms with Crippen LogP contribution in [0.2, 0.25) is 0 Å². The number of hydrogen-bond donors (Lipinski definition) is 1. The predicted octanol–water partition coefficient (Wildman–Crippen LogP) is 1.44. The van der Waals surface area contributed by atoms with Crippen LogP contribution in [0.3, 0.4) is 0 Å². The Bertz CT molecular complexity index is 731. The molecular weight excluding hydrogens is 292 g/mol. The molecule has 0 aromatic carbocycles. The second-order valence-electron chi connectivity index (χ2n) is 6.26. The first-order valence-corrected chi connectivity index (χ1v) is 8.05. The van der Waals surface area contributed by atoms with Crippen LogP contribution in [0.15, 0.2) is 24.5 Å². The minimum atomic E-state index is -0.462. The fourth-order valence-corrected chi connectivity index (χ4v) is 3.35. The first kappa shape index (κ1) is 15.5. The molecule has 2 amide bonds. The third-order valence-electron chi connectivity index (χ3n) is 4.47. The summed E-state index contributed by atoms with van der Waals surface area (Å²) in [4.78, 5) is 30.2. The molecule has 1 aliphatic rings. The number of imidazole rings is 1. The fraction of sp³-hybridized carbons (Fsp3) is 0.471. The summed E-state index contributed by atoms with van der Waals surface area (Å²) in [6.07, 6.45) is 8.08. The summed E-state index contributed by atoms with van der Waals surface area (Å²) in [6, 6.07) is 4.08. The summed E-state index contributed by atoms with van der Waals surface area (Å²) in [5.74, 6) is -0.534. The third kappa shape index (κ3) is 3.36. The van der Waals surface area contributed by atoms with Crippen molar-refractivity contribution in [3.05, 3.63) is 35.8 Å². The summed E-state index contributed by atoms with van der Waals surface area (Å²) in [5, 5.41) is 0. The zero-order chi connectivity index (χ0) is 16.4. The van der Waals surface area contributed by atoms with Gasteiger partial charge < -0.3 is 15.0 Å². The van der Waals surface area contributed by atoms with Crippen molar-refractivity contribution in [3.8, 4) is 0 Å². The quantitative estimate of drug-likeness (QED) is 0.907. The van der Waals surface area contributed by atoms with Crippen molar-refractivity contribution >= 4 is 17.5 Å². The predicted molar refractivity (Wildman–Crippen MR) is 86.8 cm³/mol. The van der Waals surface area contributed by atoms with Crippen LogP contribution < -0.4 is 5.73 Å². The van der Waals surface area contributed by atoms with Crippen molar-refractivity contribution in [2.24, 2.45) is 5.73 Å². The van der Waals surface area contributed by atoms with Gasteiger partial charge in [-0.2, -0.15) is 0 Å². The molecule has 0 aliphatic heterocycles. The van der Waals surface area contributed by atoms with Crippen LogP contribution in [0.1, 0.15) is 36.9 Å². The highest BCUT2D eigenvalue weighted by molar-refractivity contribution is 5.85. The van der Waals surface area contributed by atoms with E-state index in [2.05, 4.69) is 4.98 Å². The summed E-state index contributed by atoms with van der Waals surface area (Å²) < 4.78 is 1.92. The number of nitrogens with zero attached hydrogens (tertiary/aromatic N) is 3. The van der Waals surface area contributed by atoms with E-state index in [1.54, 1.807) is 4.90 Å². The fourth-order valence-electron chi connectivity index (χ4n) is 3.35. The molecule has 0 atom stereocenters. The van der Waals surface area contributed by atoms with Crippen molar-refractivity contribution in [2.45, 2.75) is 45.1 Å². The lowest BCUT2D eigenvalue weighted by Gasteiger charge is -2.27. The Hall–Kier alpha value is -2.37. The van der Waals surface area contributed by atoms with Gasteiger partial charge in [-0.15, -0.1) is 0 Å². The maximum atomic E-state index is 12.7. The van der Waals surface area contributed by atoms with Gasteiger partial charge in [-0.1, -0.05) is 18.9 Å². The largest absolute Gasteiger partial charge is 0.368 e. The number of hydrogen-bond acceptors (Lipinski definition) is 3. The van der Waals surface area contributed by atoms with Crippen LogP contribution >= 0.6 is 0 Å². The first-order valence-electron chi connectivity index (χ1n) is 8.05. The number of pyridine rings is 1. The Morgan fingerprint density at radius 1 is 1.39 bits per heavy atom. The van der Waals surface area contributed by atoms with Gasteiger partial charge in [-0.25, -0.2) is 4.98 Å². The summed E-state index contributed by atoms with van der Waals surface area (Å²) >= 11 is 0. The number of aromatic nitrogens is 2. The second-order valence-corrected chi connectivity index (χ2v) is 6.26. The summed E-state index contributed by atoms with van der Waals surface area (Å²) in [7, 11) is 0. The zero-order valence-electron chi connectivity index (χ0n) is 13.4. The lowest BCUT2D eigenvalue weighted by Crippen LogP contribution is -2.44.